The van der Waals surface area contributed by atoms with Gasteiger partial charge in [-0.15, -0.1) is 11.8 Å². The number of thioether (sulfide) groups is 1. The molecule has 1 N–H and O–H groups in total. The molecule has 0 aromatic carbocycles. The van der Waals surface area contributed by atoms with Crippen LogP contribution in [0.5, 0.6) is 0 Å². The molecule has 1 aromatic rings. The van der Waals surface area contributed by atoms with E-state index in [2.05, 4.69) is 10.3 Å². The average Bonchev–Trinajstić information content (AvgIpc) is 2.38. The molecule has 0 aliphatic heterocycles. The summed E-state index contributed by atoms with van der Waals surface area (Å²) in [7, 11) is 0. The molecular weight excluding hydrogens is 232 g/mol. The summed E-state index contributed by atoms with van der Waals surface area (Å²) in [6, 6.07) is 7.61. The molecule has 0 bridgehead atoms. The highest BCUT2D eigenvalue weighted by molar-refractivity contribution is 8.02. The van der Waals surface area contributed by atoms with Crippen LogP contribution in [0.25, 0.3) is 0 Å². The lowest BCUT2D eigenvalue weighted by atomic mass is 10.3. The van der Waals surface area contributed by atoms with Crippen LogP contribution in [0, 0.1) is 22.7 Å². The van der Waals surface area contributed by atoms with E-state index in [-0.39, 0.29) is 5.57 Å². The number of aromatic nitrogens is 1. The maximum atomic E-state index is 8.82. The molecule has 1 aromatic heterocycles. The first-order valence-electron chi connectivity index (χ1n) is 5.11. The van der Waals surface area contributed by atoms with Crippen LogP contribution < -0.4 is 5.32 Å². The Balaban J connectivity index is 2.74. The van der Waals surface area contributed by atoms with E-state index in [0.717, 1.165) is 5.56 Å². The van der Waals surface area contributed by atoms with E-state index >= 15 is 0 Å². The number of nitrogens with one attached hydrogen (secondary N) is 1. The Morgan fingerprint density at radius 3 is 2.76 bits per heavy atom. The Labute approximate surface area is 105 Å². The van der Waals surface area contributed by atoms with Crippen LogP contribution >= 0.6 is 11.8 Å². The minimum absolute atomic E-state index is 0.126. The number of nitrogens with zero attached hydrogens (tertiary/aromatic N) is 3. The highest BCUT2D eigenvalue weighted by Crippen LogP contribution is 2.21. The third-order valence-electron chi connectivity index (χ3n) is 1.89. The molecule has 5 heteroatoms. The van der Waals surface area contributed by atoms with Crippen LogP contribution in [0.3, 0.4) is 0 Å². The highest BCUT2D eigenvalue weighted by Gasteiger charge is 2.06. The van der Waals surface area contributed by atoms with Crippen molar-refractivity contribution in [3.8, 4) is 12.1 Å². The van der Waals surface area contributed by atoms with E-state index in [4.69, 9.17) is 10.5 Å². The van der Waals surface area contributed by atoms with Gasteiger partial charge in [0, 0.05) is 24.7 Å². The topological polar surface area (TPSA) is 72.5 Å². The van der Waals surface area contributed by atoms with Crippen molar-refractivity contribution in [3.63, 3.8) is 0 Å². The predicted molar refractivity (Wildman–Crippen MR) is 67.5 cm³/mol. The standard InChI is InChI=1S/C12H12N4S/c1-2-16-12(11(6-13)7-14)17-9-10-4-3-5-15-8-10/h3-5,8,16H,2,9H2,1H3. The molecule has 0 spiro atoms. The second kappa shape index (κ2) is 7.32. The van der Waals surface area contributed by atoms with Gasteiger partial charge in [-0.05, 0) is 18.6 Å². The maximum Gasteiger partial charge on any atom is 0.159 e. The fourth-order valence-corrected chi connectivity index (χ4v) is 2.10. The Hall–Kier alpha value is -1.98. The number of hydrogen-bond donors (Lipinski definition) is 1. The molecule has 0 unspecified atom stereocenters. The monoisotopic (exact) mass is 244 g/mol. The molecule has 0 amide bonds. The van der Waals surface area contributed by atoms with Gasteiger partial charge in [-0.2, -0.15) is 10.5 Å². The van der Waals surface area contributed by atoms with E-state index in [1.807, 2.05) is 31.2 Å². The number of hydrogen-bond acceptors (Lipinski definition) is 5. The van der Waals surface area contributed by atoms with Crippen LogP contribution in [0.2, 0.25) is 0 Å². The van der Waals surface area contributed by atoms with Crippen molar-refractivity contribution >= 4 is 11.8 Å². The molecule has 1 rings (SSSR count). The first-order chi connectivity index (χ1) is 8.31. The van der Waals surface area contributed by atoms with E-state index in [9.17, 15) is 0 Å². The SMILES string of the molecule is CCNC(SCc1cccnc1)=C(C#N)C#N. The maximum absolute atomic E-state index is 8.82. The largest absolute Gasteiger partial charge is 0.378 e. The van der Waals surface area contributed by atoms with Gasteiger partial charge in [-0.3, -0.25) is 4.98 Å². The van der Waals surface area contributed by atoms with Gasteiger partial charge in [0.1, 0.15) is 12.1 Å². The highest BCUT2D eigenvalue weighted by atomic mass is 32.2. The average molecular weight is 244 g/mol. The second-order valence-corrected chi connectivity index (χ2v) is 4.09. The fourth-order valence-electron chi connectivity index (χ4n) is 1.14. The summed E-state index contributed by atoms with van der Waals surface area (Å²) < 4.78 is 0. The van der Waals surface area contributed by atoms with Gasteiger partial charge in [0.2, 0.25) is 0 Å². The molecule has 0 saturated heterocycles. The molecule has 0 fully saturated rings. The Kier molecular flexibility index (Phi) is 5.63. The third-order valence-corrected chi connectivity index (χ3v) is 3.01. The van der Waals surface area contributed by atoms with Gasteiger partial charge in [-0.25, -0.2) is 0 Å². The van der Waals surface area contributed by atoms with Gasteiger partial charge in [0.25, 0.3) is 0 Å². The number of nitriles is 2. The fraction of sp³-hybridized carbons (Fsp3) is 0.250. The quantitative estimate of drug-likeness (QED) is 0.804. The summed E-state index contributed by atoms with van der Waals surface area (Å²) in [6.45, 7) is 2.61. The van der Waals surface area contributed by atoms with Crippen molar-refractivity contribution in [1.29, 1.82) is 10.5 Å². The van der Waals surface area contributed by atoms with Gasteiger partial charge in [-0.1, -0.05) is 6.07 Å². The number of pyridine rings is 1. The summed E-state index contributed by atoms with van der Waals surface area (Å²) in [6.07, 6.45) is 3.49. The van der Waals surface area contributed by atoms with Crippen molar-refractivity contribution in [2.75, 3.05) is 6.54 Å². The van der Waals surface area contributed by atoms with Gasteiger partial charge in [0.05, 0.1) is 5.03 Å². The van der Waals surface area contributed by atoms with Crippen LogP contribution in [-0.4, -0.2) is 11.5 Å². The van der Waals surface area contributed by atoms with E-state index in [0.29, 0.717) is 17.3 Å². The van der Waals surface area contributed by atoms with E-state index in [1.165, 1.54) is 11.8 Å². The van der Waals surface area contributed by atoms with Gasteiger partial charge >= 0.3 is 0 Å². The number of rotatable bonds is 5. The van der Waals surface area contributed by atoms with Crippen molar-refractivity contribution in [2.24, 2.45) is 0 Å². The van der Waals surface area contributed by atoms with Crippen LogP contribution in [-0.2, 0) is 5.75 Å². The smallest absolute Gasteiger partial charge is 0.159 e. The van der Waals surface area contributed by atoms with Crippen LogP contribution in [0.1, 0.15) is 12.5 Å². The summed E-state index contributed by atoms with van der Waals surface area (Å²) in [5.41, 5.74) is 1.18. The zero-order chi connectivity index (χ0) is 12.5. The molecule has 0 saturated carbocycles. The lowest BCUT2D eigenvalue weighted by Crippen LogP contribution is -2.11. The molecule has 1 heterocycles. The van der Waals surface area contributed by atoms with E-state index < -0.39 is 0 Å². The summed E-state index contributed by atoms with van der Waals surface area (Å²) in [5, 5.41) is 21.3. The zero-order valence-electron chi connectivity index (χ0n) is 9.47. The van der Waals surface area contributed by atoms with Crippen LogP contribution in [0.15, 0.2) is 35.1 Å². The molecular formula is C12H12N4S. The first kappa shape index (κ1) is 13.1. The Morgan fingerprint density at radius 1 is 1.47 bits per heavy atom. The molecule has 4 nitrogen and oxygen atoms in total. The predicted octanol–water partition coefficient (Wildman–Crippen LogP) is 2.18. The number of allylic oxidation sites excluding steroid dienone is 1. The van der Waals surface area contributed by atoms with E-state index in [1.54, 1.807) is 12.4 Å². The minimum Gasteiger partial charge on any atom is -0.378 e. The summed E-state index contributed by atoms with van der Waals surface area (Å²) >= 11 is 1.44. The molecule has 86 valence electrons. The molecule has 17 heavy (non-hydrogen) atoms. The van der Waals surface area contributed by atoms with Crippen molar-refractivity contribution in [1.82, 2.24) is 10.3 Å². The lowest BCUT2D eigenvalue weighted by molar-refractivity contribution is 0.900. The minimum atomic E-state index is 0.126. The summed E-state index contributed by atoms with van der Waals surface area (Å²) in [4.78, 5) is 4.01. The lowest BCUT2D eigenvalue weighted by Gasteiger charge is -2.08. The normalized spacial score (nSPS) is 8.88. The Morgan fingerprint density at radius 2 is 2.24 bits per heavy atom. The van der Waals surface area contributed by atoms with Gasteiger partial charge < -0.3 is 5.32 Å². The van der Waals surface area contributed by atoms with Crippen molar-refractivity contribution in [3.05, 3.63) is 40.7 Å². The third kappa shape index (κ3) is 4.18. The molecule has 0 aliphatic carbocycles. The van der Waals surface area contributed by atoms with Crippen molar-refractivity contribution < 1.29 is 0 Å². The Bertz CT molecular complexity index is 452. The molecule has 0 radical (unpaired) electrons. The molecule has 0 atom stereocenters. The van der Waals surface area contributed by atoms with Gasteiger partial charge in [0.15, 0.2) is 5.57 Å². The molecule has 0 aliphatic rings. The zero-order valence-corrected chi connectivity index (χ0v) is 10.3. The van der Waals surface area contributed by atoms with Crippen molar-refractivity contribution in [2.45, 2.75) is 12.7 Å². The summed E-state index contributed by atoms with van der Waals surface area (Å²) in [5.74, 6) is 0.684. The first-order valence-corrected chi connectivity index (χ1v) is 6.10. The second-order valence-electron chi connectivity index (χ2n) is 3.11. The van der Waals surface area contributed by atoms with Crippen LogP contribution in [0.4, 0.5) is 0 Å².